The number of aliphatic hydroxyl groups is 1. The lowest BCUT2D eigenvalue weighted by Crippen LogP contribution is -2.30. The number of carbonyl (C=O) groups is 4. The standard InChI is InChI=1S/C69H134O17P2/c1-9-61(7)47-39-31-25-27-34-42-50-67(72)80-56-64(85-68(73)51-43-35-23-19-17-15-13-11-12-14-16-18-21-29-37-45-59(3)4)57-83-87(75,76)81-53-63(70)54-82-88(77,78)84-58-65(86-69(74)52-44-36-28-26-32-40-48-62(8)10-2)55-79-66(71)49-41-33-24-20-22-30-38-46-60(5)6/h59-65,70H,9-58H2,1-8H3,(H,75,76)(H,77,78)/t61?,62?,63?,64-,65-/m1/s1. The van der Waals surface area contributed by atoms with Crippen LogP contribution in [-0.2, 0) is 65.4 Å². The van der Waals surface area contributed by atoms with Crippen LogP contribution in [0, 0.1) is 23.7 Å². The lowest BCUT2D eigenvalue weighted by molar-refractivity contribution is -0.161. The van der Waals surface area contributed by atoms with E-state index in [9.17, 15) is 43.2 Å². The average Bonchev–Trinajstić information content (AvgIpc) is 3.66. The van der Waals surface area contributed by atoms with Gasteiger partial charge in [-0.05, 0) is 49.4 Å². The van der Waals surface area contributed by atoms with E-state index in [2.05, 4.69) is 55.4 Å². The van der Waals surface area contributed by atoms with Crippen LogP contribution in [0.15, 0.2) is 0 Å². The summed E-state index contributed by atoms with van der Waals surface area (Å²) in [5.74, 6) is 0.823. The Hall–Kier alpha value is -1.94. The Morgan fingerprint density at radius 2 is 0.545 bits per heavy atom. The Morgan fingerprint density at radius 1 is 0.318 bits per heavy atom. The maximum absolute atomic E-state index is 13.0. The molecule has 19 heteroatoms. The van der Waals surface area contributed by atoms with Crippen LogP contribution in [0.3, 0.4) is 0 Å². The molecule has 88 heavy (non-hydrogen) atoms. The van der Waals surface area contributed by atoms with Crippen molar-refractivity contribution in [2.45, 2.75) is 356 Å². The number of unbranched alkanes of at least 4 members (excludes halogenated alkanes) is 30. The molecule has 0 rings (SSSR count). The number of esters is 4. The second kappa shape index (κ2) is 58.8. The summed E-state index contributed by atoms with van der Waals surface area (Å²) in [6, 6.07) is 0. The third kappa shape index (κ3) is 60.3. The van der Waals surface area contributed by atoms with E-state index in [4.69, 9.17) is 37.0 Å². The molecule has 0 spiro atoms. The molecule has 7 atom stereocenters. The summed E-state index contributed by atoms with van der Waals surface area (Å²) in [6.07, 6.45) is 40.5. The first kappa shape index (κ1) is 86.1. The third-order valence-corrected chi connectivity index (χ3v) is 18.4. The van der Waals surface area contributed by atoms with Crippen LogP contribution in [0.4, 0.5) is 0 Å². The van der Waals surface area contributed by atoms with Gasteiger partial charge in [0.25, 0.3) is 0 Å². The predicted molar refractivity (Wildman–Crippen MR) is 354 cm³/mol. The molecular weight excluding hydrogens is 1160 g/mol. The van der Waals surface area contributed by atoms with Gasteiger partial charge < -0.3 is 33.8 Å². The minimum Gasteiger partial charge on any atom is -0.462 e. The summed E-state index contributed by atoms with van der Waals surface area (Å²) in [5.41, 5.74) is 0. The van der Waals surface area contributed by atoms with E-state index in [0.717, 1.165) is 120 Å². The molecule has 0 aliphatic rings. The Kier molecular flexibility index (Phi) is 57.6. The number of hydrogen-bond donors (Lipinski definition) is 3. The van der Waals surface area contributed by atoms with Gasteiger partial charge in [0.1, 0.15) is 19.3 Å². The fourth-order valence-electron chi connectivity index (χ4n) is 10.2. The molecule has 3 N–H and O–H groups in total. The molecule has 0 heterocycles. The fourth-order valence-corrected chi connectivity index (χ4v) is 11.8. The fraction of sp³-hybridized carbons (Fsp3) is 0.942. The molecule has 0 aliphatic heterocycles. The first-order chi connectivity index (χ1) is 42.2. The molecule has 0 saturated carbocycles. The summed E-state index contributed by atoms with van der Waals surface area (Å²) < 4.78 is 68.2. The highest BCUT2D eigenvalue weighted by molar-refractivity contribution is 7.47. The summed E-state index contributed by atoms with van der Waals surface area (Å²) in [5, 5.41) is 10.6. The zero-order valence-corrected chi connectivity index (χ0v) is 59.1. The zero-order valence-electron chi connectivity index (χ0n) is 57.3. The Bertz CT molecular complexity index is 1750. The number of phosphoric acid groups is 2. The van der Waals surface area contributed by atoms with E-state index in [1.165, 1.54) is 128 Å². The average molecular weight is 1300 g/mol. The molecule has 0 aromatic heterocycles. The molecule has 522 valence electrons. The van der Waals surface area contributed by atoms with Gasteiger partial charge in [0.05, 0.1) is 26.4 Å². The van der Waals surface area contributed by atoms with Gasteiger partial charge in [-0.25, -0.2) is 9.13 Å². The smallest absolute Gasteiger partial charge is 0.462 e. The van der Waals surface area contributed by atoms with Crippen LogP contribution in [0.1, 0.15) is 338 Å². The van der Waals surface area contributed by atoms with Gasteiger partial charge in [0, 0.05) is 25.7 Å². The quantitative estimate of drug-likeness (QED) is 0.0222. The lowest BCUT2D eigenvalue weighted by Gasteiger charge is -2.21. The van der Waals surface area contributed by atoms with Gasteiger partial charge in [-0.3, -0.25) is 37.3 Å². The highest BCUT2D eigenvalue weighted by atomic mass is 31.2. The first-order valence-corrected chi connectivity index (χ1v) is 38.8. The topological polar surface area (TPSA) is 237 Å². The van der Waals surface area contributed by atoms with Crippen molar-refractivity contribution in [3.8, 4) is 0 Å². The van der Waals surface area contributed by atoms with E-state index >= 15 is 0 Å². The van der Waals surface area contributed by atoms with Gasteiger partial charge in [-0.2, -0.15) is 0 Å². The lowest BCUT2D eigenvalue weighted by atomic mass is 10.00. The summed E-state index contributed by atoms with van der Waals surface area (Å²) in [6.45, 7) is 14.0. The Morgan fingerprint density at radius 3 is 0.807 bits per heavy atom. The molecule has 0 aromatic carbocycles. The second-order valence-electron chi connectivity index (χ2n) is 26.4. The number of hydrogen-bond acceptors (Lipinski definition) is 15. The van der Waals surface area contributed by atoms with Gasteiger partial charge in [-0.1, -0.05) is 287 Å². The van der Waals surface area contributed by atoms with E-state index in [0.29, 0.717) is 31.6 Å². The summed E-state index contributed by atoms with van der Waals surface area (Å²) in [4.78, 5) is 72.4. The first-order valence-electron chi connectivity index (χ1n) is 35.8. The molecular formula is C69H134O17P2. The largest absolute Gasteiger partial charge is 0.472 e. The van der Waals surface area contributed by atoms with Crippen molar-refractivity contribution >= 4 is 39.5 Å². The third-order valence-electron chi connectivity index (χ3n) is 16.5. The highest BCUT2D eigenvalue weighted by Gasteiger charge is 2.30. The van der Waals surface area contributed by atoms with Crippen molar-refractivity contribution in [1.29, 1.82) is 0 Å². The molecule has 0 aliphatic carbocycles. The molecule has 17 nitrogen and oxygen atoms in total. The van der Waals surface area contributed by atoms with Gasteiger partial charge in [-0.15, -0.1) is 0 Å². The minimum atomic E-state index is -4.95. The van der Waals surface area contributed by atoms with Crippen LogP contribution in [0.5, 0.6) is 0 Å². The van der Waals surface area contributed by atoms with Crippen molar-refractivity contribution in [2.75, 3.05) is 39.6 Å². The van der Waals surface area contributed by atoms with Crippen LogP contribution >= 0.6 is 15.6 Å². The molecule has 0 fully saturated rings. The molecule has 0 bridgehead atoms. The molecule has 0 saturated heterocycles. The van der Waals surface area contributed by atoms with Gasteiger partial charge in [0.2, 0.25) is 0 Å². The predicted octanol–water partition coefficient (Wildman–Crippen LogP) is 19.3. The van der Waals surface area contributed by atoms with Gasteiger partial charge in [0.15, 0.2) is 12.2 Å². The summed E-state index contributed by atoms with van der Waals surface area (Å²) in [7, 11) is -9.90. The van der Waals surface area contributed by atoms with Crippen LogP contribution in [-0.4, -0.2) is 96.7 Å². The van der Waals surface area contributed by atoms with Gasteiger partial charge >= 0.3 is 39.5 Å². The number of carbonyl (C=O) groups excluding carboxylic acids is 4. The van der Waals surface area contributed by atoms with Crippen molar-refractivity contribution in [1.82, 2.24) is 0 Å². The zero-order chi connectivity index (χ0) is 65.4. The van der Waals surface area contributed by atoms with Crippen LogP contribution < -0.4 is 0 Å². The monoisotopic (exact) mass is 1300 g/mol. The van der Waals surface area contributed by atoms with Crippen LogP contribution in [0.2, 0.25) is 0 Å². The molecule has 5 unspecified atom stereocenters. The minimum absolute atomic E-state index is 0.102. The number of rotatable bonds is 66. The SMILES string of the molecule is CCC(C)CCCCCCCCC(=O)OC[C@H](COP(=O)(O)OCC(O)COP(=O)(O)OC[C@@H](COC(=O)CCCCCCCCCC(C)C)OC(=O)CCCCCCCCC(C)CC)OC(=O)CCCCCCCCCCCCCCCCCC(C)C. The van der Waals surface area contributed by atoms with Crippen molar-refractivity contribution in [3.63, 3.8) is 0 Å². The maximum atomic E-state index is 13.0. The normalized spacial score (nSPS) is 14.9. The molecule has 0 amide bonds. The number of ether oxygens (including phenoxy) is 4. The number of phosphoric ester groups is 2. The van der Waals surface area contributed by atoms with Crippen molar-refractivity contribution in [2.24, 2.45) is 23.7 Å². The summed E-state index contributed by atoms with van der Waals surface area (Å²) >= 11 is 0. The Labute approximate surface area is 537 Å². The van der Waals surface area contributed by atoms with E-state index < -0.39 is 97.5 Å². The highest BCUT2D eigenvalue weighted by Crippen LogP contribution is 2.45. The molecule has 0 aromatic rings. The number of aliphatic hydroxyl groups excluding tert-OH is 1. The van der Waals surface area contributed by atoms with Crippen LogP contribution in [0.25, 0.3) is 0 Å². The van der Waals surface area contributed by atoms with E-state index in [-0.39, 0.29) is 25.7 Å². The second-order valence-corrected chi connectivity index (χ2v) is 29.3. The van der Waals surface area contributed by atoms with Crippen molar-refractivity contribution < 1.29 is 80.2 Å². The Balaban J connectivity index is 5.22. The maximum Gasteiger partial charge on any atom is 0.472 e. The van der Waals surface area contributed by atoms with E-state index in [1.54, 1.807) is 0 Å². The molecule has 0 radical (unpaired) electrons. The van der Waals surface area contributed by atoms with E-state index in [1.807, 2.05) is 0 Å². The van der Waals surface area contributed by atoms with Crippen molar-refractivity contribution in [3.05, 3.63) is 0 Å².